The van der Waals surface area contributed by atoms with Crippen LogP contribution in [0.1, 0.15) is 11.1 Å². The molecule has 0 atom stereocenters. The molecule has 0 spiro atoms. The van der Waals surface area contributed by atoms with Gasteiger partial charge < -0.3 is 9.13 Å². The molecule has 0 unspecified atom stereocenters. The Morgan fingerprint density at radius 3 is 1.76 bits per heavy atom. The third kappa shape index (κ3) is 4.01. The fourth-order valence-electron chi connectivity index (χ4n) is 6.98. The first-order chi connectivity index (χ1) is 22.8. The summed E-state index contributed by atoms with van der Waals surface area (Å²) in [7, 11) is 0. The number of aliphatic imine (C=N–C) groups is 1. The van der Waals surface area contributed by atoms with Gasteiger partial charge in [-0.3, -0.25) is 5.41 Å². The number of benzene rings is 7. The van der Waals surface area contributed by atoms with Crippen LogP contribution < -0.4 is 0 Å². The largest absolute Gasteiger partial charge is 0.309 e. The molecule has 2 heterocycles. The van der Waals surface area contributed by atoms with E-state index in [4.69, 9.17) is 5.41 Å². The maximum absolute atomic E-state index is 8.51. The van der Waals surface area contributed by atoms with Crippen LogP contribution in [0, 0.1) is 5.41 Å². The highest BCUT2D eigenvalue weighted by atomic mass is 15.0. The number of rotatable bonds is 4. The summed E-state index contributed by atoms with van der Waals surface area (Å²) in [6.45, 7) is 0. The Bertz CT molecular complexity index is 2640. The molecular weight excluding hydrogens is 560 g/mol. The van der Waals surface area contributed by atoms with Crippen molar-refractivity contribution in [2.75, 3.05) is 0 Å². The molecule has 2 aromatic heterocycles. The Balaban J connectivity index is 1.31. The van der Waals surface area contributed by atoms with E-state index in [1.807, 2.05) is 36.5 Å². The third-order valence-corrected chi connectivity index (χ3v) is 9.03. The highest BCUT2D eigenvalue weighted by molar-refractivity contribution is 6.20. The van der Waals surface area contributed by atoms with E-state index < -0.39 is 0 Å². The molecule has 0 fully saturated rings. The maximum Gasteiger partial charge on any atom is 0.151 e. The second-order valence-corrected chi connectivity index (χ2v) is 11.6. The van der Waals surface area contributed by atoms with Crippen molar-refractivity contribution in [3.8, 4) is 11.4 Å². The highest BCUT2D eigenvalue weighted by Crippen LogP contribution is 2.40. The van der Waals surface area contributed by atoms with Gasteiger partial charge in [0.1, 0.15) is 0 Å². The average molecular weight is 589 g/mol. The van der Waals surface area contributed by atoms with E-state index in [1.165, 1.54) is 32.6 Å². The minimum Gasteiger partial charge on any atom is -0.309 e. The van der Waals surface area contributed by atoms with Gasteiger partial charge in [0.25, 0.3) is 0 Å². The fourth-order valence-corrected chi connectivity index (χ4v) is 6.98. The van der Waals surface area contributed by atoms with Crippen LogP contribution in [0.15, 0.2) is 163 Å². The van der Waals surface area contributed by atoms with E-state index in [1.54, 1.807) is 0 Å². The Labute approximate surface area is 265 Å². The van der Waals surface area contributed by atoms with Crippen LogP contribution in [0.2, 0.25) is 0 Å². The minimum absolute atomic E-state index is 0.244. The normalized spacial score (nSPS) is 11.9. The number of aromatic nitrogens is 2. The molecule has 0 saturated heterocycles. The molecule has 9 rings (SSSR count). The van der Waals surface area contributed by atoms with Crippen LogP contribution in [-0.4, -0.2) is 21.2 Å². The lowest BCUT2D eigenvalue weighted by Crippen LogP contribution is -1.98. The topological polar surface area (TPSA) is 46.1 Å². The van der Waals surface area contributed by atoms with Crippen LogP contribution in [-0.2, 0) is 0 Å². The molecule has 1 N–H and O–H groups in total. The molecule has 9 aromatic rings. The van der Waals surface area contributed by atoms with Crippen LogP contribution in [0.4, 0.5) is 0 Å². The molecule has 0 aliphatic carbocycles. The number of fused-ring (bicyclic) bond motifs is 7. The van der Waals surface area contributed by atoms with Crippen molar-refractivity contribution in [2.45, 2.75) is 0 Å². The van der Waals surface area contributed by atoms with Crippen molar-refractivity contribution in [1.82, 2.24) is 9.13 Å². The van der Waals surface area contributed by atoms with Crippen LogP contribution in [0.5, 0.6) is 0 Å². The van der Waals surface area contributed by atoms with Crippen molar-refractivity contribution in [2.24, 2.45) is 4.99 Å². The minimum atomic E-state index is 0.244. The summed E-state index contributed by atoms with van der Waals surface area (Å²) < 4.78 is 4.79. The summed E-state index contributed by atoms with van der Waals surface area (Å²) in [5, 5.41) is 15.7. The van der Waals surface area contributed by atoms with E-state index in [0.29, 0.717) is 0 Å². The second kappa shape index (κ2) is 10.4. The maximum atomic E-state index is 8.51. The summed E-state index contributed by atoms with van der Waals surface area (Å²) >= 11 is 0. The van der Waals surface area contributed by atoms with Gasteiger partial charge in [0.2, 0.25) is 0 Å². The molecule has 0 amide bonds. The molecule has 4 heteroatoms. The number of amidine groups is 1. The molecule has 0 bridgehead atoms. The number of nitrogens with one attached hydrogen (secondary N) is 1. The summed E-state index contributed by atoms with van der Waals surface area (Å²) in [4.78, 5) is 4.55. The second-order valence-electron chi connectivity index (χ2n) is 11.6. The molecule has 216 valence electrons. The predicted octanol–water partition coefficient (Wildman–Crippen LogP) is 10.5. The van der Waals surface area contributed by atoms with Crippen molar-refractivity contribution in [1.29, 1.82) is 5.41 Å². The summed E-state index contributed by atoms with van der Waals surface area (Å²) in [6.07, 6.45) is 1.81. The molecule has 0 saturated carbocycles. The predicted molar refractivity (Wildman–Crippen MR) is 193 cm³/mol. The number of hydrogen-bond donors (Lipinski definition) is 1. The summed E-state index contributed by atoms with van der Waals surface area (Å²) in [5.74, 6) is 0.244. The van der Waals surface area contributed by atoms with Crippen LogP contribution in [0.25, 0.3) is 65.8 Å². The zero-order valence-electron chi connectivity index (χ0n) is 24.9. The van der Waals surface area contributed by atoms with Gasteiger partial charge >= 0.3 is 0 Å². The van der Waals surface area contributed by atoms with Gasteiger partial charge in [-0.05, 0) is 47.9 Å². The van der Waals surface area contributed by atoms with E-state index >= 15 is 0 Å². The van der Waals surface area contributed by atoms with E-state index in [0.717, 1.165) is 44.3 Å². The lowest BCUT2D eigenvalue weighted by molar-refractivity contribution is 1.17. The van der Waals surface area contributed by atoms with Crippen molar-refractivity contribution in [3.63, 3.8) is 0 Å². The first-order valence-corrected chi connectivity index (χ1v) is 15.5. The van der Waals surface area contributed by atoms with E-state index in [2.05, 4.69) is 142 Å². The Hall–Kier alpha value is -6.26. The number of nitrogens with zero attached hydrogens (tertiary/aromatic N) is 3. The molecule has 4 nitrogen and oxygen atoms in total. The van der Waals surface area contributed by atoms with E-state index in [9.17, 15) is 0 Å². The van der Waals surface area contributed by atoms with Crippen molar-refractivity contribution < 1.29 is 0 Å². The van der Waals surface area contributed by atoms with Gasteiger partial charge in [-0.2, -0.15) is 0 Å². The van der Waals surface area contributed by atoms with Crippen LogP contribution in [0.3, 0.4) is 0 Å². The molecule has 0 aliphatic heterocycles. The highest BCUT2D eigenvalue weighted by Gasteiger charge is 2.19. The van der Waals surface area contributed by atoms with Gasteiger partial charge in [0, 0.05) is 50.0 Å². The van der Waals surface area contributed by atoms with Gasteiger partial charge in [-0.15, -0.1) is 0 Å². The monoisotopic (exact) mass is 588 g/mol. The molecule has 0 aliphatic rings. The summed E-state index contributed by atoms with van der Waals surface area (Å²) in [6, 6.07) is 55.2. The van der Waals surface area contributed by atoms with Gasteiger partial charge in [-0.25, -0.2) is 4.99 Å². The first-order valence-electron chi connectivity index (χ1n) is 15.5. The molecule has 0 radical (unpaired) electrons. The zero-order valence-corrected chi connectivity index (χ0v) is 24.9. The average Bonchev–Trinajstić information content (AvgIpc) is 3.62. The van der Waals surface area contributed by atoms with Gasteiger partial charge in [-0.1, -0.05) is 115 Å². The van der Waals surface area contributed by atoms with Crippen molar-refractivity contribution in [3.05, 3.63) is 169 Å². The number of hydrogen-bond acceptors (Lipinski definition) is 1. The van der Waals surface area contributed by atoms with E-state index in [-0.39, 0.29) is 5.84 Å². The van der Waals surface area contributed by atoms with Gasteiger partial charge in [0.05, 0.1) is 27.8 Å². The first kappa shape index (κ1) is 26.2. The molecule has 7 aromatic carbocycles. The van der Waals surface area contributed by atoms with Crippen LogP contribution >= 0.6 is 0 Å². The van der Waals surface area contributed by atoms with Crippen molar-refractivity contribution >= 4 is 66.4 Å². The molecule has 46 heavy (non-hydrogen) atoms. The smallest absolute Gasteiger partial charge is 0.151 e. The lowest BCUT2D eigenvalue weighted by atomic mass is 10.0. The fraction of sp³-hybridized carbons (Fsp3) is 0. The SMILES string of the molecule is N=C(N=Cc1cccc2c(-n3c4ccccc4c4cc5c6ccccc6n(-c6ccccc6)c5cc43)cccc12)c1ccccc1. The third-order valence-electron chi connectivity index (χ3n) is 9.03. The molecular formula is C42H28N4. The lowest BCUT2D eigenvalue weighted by Gasteiger charge is -2.13. The zero-order chi connectivity index (χ0) is 30.6. The Kier molecular flexibility index (Phi) is 5.93. The van der Waals surface area contributed by atoms with Gasteiger partial charge in [0.15, 0.2) is 5.84 Å². The Morgan fingerprint density at radius 1 is 0.457 bits per heavy atom. The summed E-state index contributed by atoms with van der Waals surface area (Å²) in [5.41, 5.74) is 8.73. The standard InChI is InChI=1S/C42H28N4/c43-42(28-13-3-1-4-14-28)44-27-29-15-11-21-32-31(29)20-12-24-39(32)46-38-23-10-8-19-34(38)36-25-35-33-18-7-9-22-37(33)45(40(35)26-41(36)46)30-16-5-2-6-17-30/h1-27,43H. The quantitative estimate of drug-likeness (QED) is 0.157. The number of para-hydroxylation sites is 3. The Morgan fingerprint density at radius 2 is 1.02 bits per heavy atom.